The summed E-state index contributed by atoms with van der Waals surface area (Å²) in [5.41, 5.74) is 6.65. The van der Waals surface area contributed by atoms with E-state index >= 15 is 0 Å². The van der Waals surface area contributed by atoms with Crippen LogP contribution in [0.2, 0.25) is 0 Å². The fourth-order valence-electron chi connectivity index (χ4n) is 3.43. The topological polar surface area (TPSA) is 48.0 Å². The number of hydrogen-bond acceptors (Lipinski definition) is 3. The first-order valence-electron chi connectivity index (χ1n) is 8.88. The van der Waals surface area contributed by atoms with E-state index in [1.165, 1.54) is 23.2 Å². The van der Waals surface area contributed by atoms with E-state index in [1.807, 2.05) is 6.07 Å². The summed E-state index contributed by atoms with van der Waals surface area (Å²) in [6, 6.07) is 8.29. The second-order valence-corrected chi connectivity index (χ2v) is 6.73. The summed E-state index contributed by atoms with van der Waals surface area (Å²) in [7, 11) is 0. The fourth-order valence-corrected chi connectivity index (χ4v) is 3.43. The molecule has 0 saturated heterocycles. The summed E-state index contributed by atoms with van der Waals surface area (Å²) in [6.45, 7) is 9.62. The number of fused-ring (bicyclic) bond motifs is 3. The normalized spacial score (nSPS) is 11.7. The third kappa shape index (κ3) is 2.51. The third-order valence-electron chi connectivity index (χ3n) is 4.96. The van der Waals surface area contributed by atoms with E-state index in [4.69, 9.17) is 9.97 Å². The number of unbranched alkanes of at least 4 members (excludes halogenated alkanes) is 1. The van der Waals surface area contributed by atoms with Crippen LogP contribution in [0.15, 0.2) is 30.6 Å². The lowest BCUT2D eigenvalue weighted by Crippen LogP contribution is -2.01. The summed E-state index contributed by atoms with van der Waals surface area (Å²) < 4.78 is 4.12. The van der Waals surface area contributed by atoms with Gasteiger partial charge in [-0.15, -0.1) is 5.10 Å². The highest BCUT2D eigenvalue weighted by atomic mass is 15.3. The SMILES string of the molecule is CCCCn1c(C)c(C)c2c1ncn1nc(-c3cccc(C)c3)nc21. The molecule has 4 rings (SSSR count). The van der Waals surface area contributed by atoms with E-state index in [9.17, 15) is 0 Å². The van der Waals surface area contributed by atoms with Crippen molar-refractivity contribution in [2.24, 2.45) is 0 Å². The van der Waals surface area contributed by atoms with Crippen LogP contribution < -0.4 is 0 Å². The average molecular weight is 333 g/mol. The molecule has 0 radical (unpaired) electrons. The minimum Gasteiger partial charge on any atom is -0.329 e. The van der Waals surface area contributed by atoms with Crippen molar-refractivity contribution in [1.29, 1.82) is 0 Å². The molecule has 4 aromatic rings. The minimum absolute atomic E-state index is 0.747. The zero-order valence-corrected chi connectivity index (χ0v) is 15.2. The molecular formula is C20H23N5. The maximum atomic E-state index is 4.85. The molecule has 0 amide bonds. The van der Waals surface area contributed by atoms with E-state index in [0.717, 1.165) is 41.0 Å². The van der Waals surface area contributed by atoms with Crippen LogP contribution in [0.25, 0.3) is 28.1 Å². The van der Waals surface area contributed by atoms with Crippen LogP contribution in [0.3, 0.4) is 0 Å². The van der Waals surface area contributed by atoms with E-state index in [0.29, 0.717) is 0 Å². The zero-order chi connectivity index (χ0) is 17.6. The number of aromatic nitrogens is 5. The van der Waals surface area contributed by atoms with Crippen LogP contribution in [0, 0.1) is 20.8 Å². The second-order valence-electron chi connectivity index (χ2n) is 6.73. The maximum absolute atomic E-state index is 4.85. The molecule has 5 heteroatoms. The van der Waals surface area contributed by atoms with Gasteiger partial charge in [0.1, 0.15) is 12.0 Å². The van der Waals surface area contributed by atoms with Gasteiger partial charge >= 0.3 is 0 Å². The molecule has 3 aromatic heterocycles. The molecule has 0 aliphatic carbocycles. The number of hydrogen-bond donors (Lipinski definition) is 0. The molecule has 0 aliphatic heterocycles. The number of aryl methyl sites for hydroxylation is 3. The maximum Gasteiger partial charge on any atom is 0.182 e. The predicted molar refractivity (Wildman–Crippen MR) is 101 cm³/mol. The van der Waals surface area contributed by atoms with Gasteiger partial charge in [0.15, 0.2) is 11.5 Å². The first kappa shape index (κ1) is 15.8. The van der Waals surface area contributed by atoms with Crippen molar-refractivity contribution in [2.75, 3.05) is 0 Å². The molecule has 0 saturated carbocycles. The third-order valence-corrected chi connectivity index (χ3v) is 4.96. The lowest BCUT2D eigenvalue weighted by atomic mass is 10.1. The summed E-state index contributed by atoms with van der Waals surface area (Å²) >= 11 is 0. The Morgan fingerprint density at radius 3 is 2.68 bits per heavy atom. The Labute approximate surface area is 147 Å². The summed E-state index contributed by atoms with van der Waals surface area (Å²) in [6.07, 6.45) is 4.10. The molecule has 0 spiro atoms. The lowest BCUT2D eigenvalue weighted by molar-refractivity contribution is 0.631. The van der Waals surface area contributed by atoms with Crippen molar-refractivity contribution >= 4 is 16.7 Å². The van der Waals surface area contributed by atoms with E-state index in [1.54, 1.807) is 10.8 Å². The van der Waals surface area contributed by atoms with Crippen LogP contribution in [0.5, 0.6) is 0 Å². The van der Waals surface area contributed by atoms with Gasteiger partial charge in [0.05, 0.1) is 5.39 Å². The van der Waals surface area contributed by atoms with E-state index in [2.05, 4.69) is 55.6 Å². The van der Waals surface area contributed by atoms with Crippen LogP contribution in [-0.4, -0.2) is 24.1 Å². The average Bonchev–Trinajstić information content (AvgIpc) is 3.14. The van der Waals surface area contributed by atoms with Gasteiger partial charge in [-0.1, -0.05) is 37.1 Å². The molecule has 25 heavy (non-hydrogen) atoms. The molecule has 0 aliphatic rings. The molecular weight excluding hydrogens is 310 g/mol. The van der Waals surface area contributed by atoms with Crippen molar-refractivity contribution in [3.63, 3.8) is 0 Å². The summed E-state index contributed by atoms with van der Waals surface area (Å²) in [5.74, 6) is 0.747. The van der Waals surface area contributed by atoms with Crippen LogP contribution >= 0.6 is 0 Å². The largest absolute Gasteiger partial charge is 0.329 e. The van der Waals surface area contributed by atoms with Gasteiger partial charge in [-0.05, 0) is 38.8 Å². The number of nitrogens with zero attached hydrogens (tertiary/aromatic N) is 5. The molecule has 0 fully saturated rings. The van der Waals surface area contributed by atoms with Gasteiger partial charge in [-0.25, -0.2) is 14.5 Å². The molecule has 128 valence electrons. The second kappa shape index (κ2) is 5.99. The Balaban J connectivity index is 1.95. The highest BCUT2D eigenvalue weighted by Gasteiger charge is 2.18. The van der Waals surface area contributed by atoms with Gasteiger partial charge in [-0.3, -0.25) is 0 Å². The molecule has 0 N–H and O–H groups in total. The quantitative estimate of drug-likeness (QED) is 0.553. The van der Waals surface area contributed by atoms with Gasteiger partial charge in [-0.2, -0.15) is 0 Å². The van der Waals surface area contributed by atoms with Crippen LogP contribution in [0.1, 0.15) is 36.6 Å². The highest BCUT2D eigenvalue weighted by molar-refractivity contribution is 5.94. The van der Waals surface area contributed by atoms with E-state index < -0.39 is 0 Å². The molecule has 0 atom stereocenters. The highest BCUT2D eigenvalue weighted by Crippen LogP contribution is 2.28. The first-order chi connectivity index (χ1) is 12.1. The number of rotatable bonds is 4. The molecule has 5 nitrogen and oxygen atoms in total. The monoisotopic (exact) mass is 333 g/mol. The Hall–Kier alpha value is -2.69. The zero-order valence-electron chi connectivity index (χ0n) is 15.2. The predicted octanol–water partition coefficient (Wildman–Crippen LogP) is 4.47. The smallest absolute Gasteiger partial charge is 0.182 e. The van der Waals surface area contributed by atoms with Crippen molar-refractivity contribution < 1.29 is 0 Å². The van der Waals surface area contributed by atoms with Crippen LogP contribution in [-0.2, 0) is 6.54 Å². The van der Waals surface area contributed by atoms with Crippen molar-refractivity contribution in [2.45, 2.75) is 47.1 Å². The van der Waals surface area contributed by atoms with Gasteiger partial charge < -0.3 is 4.57 Å². The Kier molecular flexibility index (Phi) is 3.79. The van der Waals surface area contributed by atoms with Gasteiger partial charge in [0.25, 0.3) is 0 Å². The molecule has 0 unspecified atom stereocenters. The Morgan fingerprint density at radius 1 is 1.08 bits per heavy atom. The lowest BCUT2D eigenvalue weighted by Gasteiger charge is -2.06. The van der Waals surface area contributed by atoms with E-state index in [-0.39, 0.29) is 0 Å². The number of benzene rings is 1. The first-order valence-corrected chi connectivity index (χ1v) is 8.88. The van der Waals surface area contributed by atoms with Crippen molar-refractivity contribution in [3.05, 3.63) is 47.4 Å². The summed E-state index contributed by atoms with van der Waals surface area (Å²) in [5, 5.41) is 5.76. The fraction of sp³-hybridized carbons (Fsp3) is 0.350. The van der Waals surface area contributed by atoms with Crippen LogP contribution in [0.4, 0.5) is 0 Å². The van der Waals surface area contributed by atoms with Gasteiger partial charge in [0, 0.05) is 17.8 Å². The Morgan fingerprint density at radius 2 is 1.92 bits per heavy atom. The van der Waals surface area contributed by atoms with Crippen molar-refractivity contribution in [3.8, 4) is 11.4 Å². The standard InChI is InChI=1S/C20H23N5/c1-5-6-10-24-15(4)14(3)17-19(24)21-12-25-20(17)22-18(23-25)16-9-7-8-13(2)11-16/h7-9,11-12H,5-6,10H2,1-4H3. The molecule has 1 aromatic carbocycles. The summed E-state index contributed by atoms with van der Waals surface area (Å²) in [4.78, 5) is 9.54. The molecule has 3 heterocycles. The van der Waals surface area contributed by atoms with Crippen molar-refractivity contribution in [1.82, 2.24) is 24.1 Å². The Bertz CT molecular complexity index is 1070. The minimum atomic E-state index is 0.747. The van der Waals surface area contributed by atoms with Gasteiger partial charge in [0.2, 0.25) is 0 Å². The molecule has 0 bridgehead atoms.